The maximum absolute atomic E-state index is 13.2. The summed E-state index contributed by atoms with van der Waals surface area (Å²) in [4.78, 5) is 18.0. The molecule has 1 fully saturated rings. The third kappa shape index (κ3) is 4.39. The Morgan fingerprint density at radius 3 is 2.15 bits per heavy atom. The number of ketones is 1. The Morgan fingerprint density at radius 1 is 0.962 bits per heavy atom. The normalized spacial score (nSPS) is 18.4. The van der Waals surface area contributed by atoms with Crippen molar-refractivity contribution in [3.05, 3.63) is 71.8 Å². The Morgan fingerprint density at radius 2 is 1.54 bits per heavy atom. The standard InChI is InChI=1S/C22H28N2O2/c1-22(20-11-7-4-8-12-20,21(25)19-9-5-3-6-10-19)26-18-17-24-15-13-23(2)14-16-24/h3-12H,13-18H2,1-2H3. The van der Waals surface area contributed by atoms with Crippen LogP contribution in [0.15, 0.2) is 60.7 Å². The summed E-state index contributed by atoms with van der Waals surface area (Å²) in [5.74, 6) is 0.00248. The van der Waals surface area contributed by atoms with Gasteiger partial charge in [-0.15, -0.1) is 0 Å². The molecule has 0 spiro atoms. The van der Waals surface area contributed by atoms with Crippen molar-refractivity contribution in [1.82, 2.24) is 9.80 Å². The second-order valence-corrected chi connectivity index (χ2v) is 7.09. The summed E-state index contributed by atoms with van der Waals surface area (Å²) in [6, 6.07) is 19.2. The number of benzene rings is 2. The van der Waals surface area contributed by atoms with E-state index < -0.39 is 5.60 Å². The topological polar surface area (TPSA) is 32.8 Å². The lowest BCUT2D eigenvalue weighted by Crippen LogP contribution is -2.46. The number of nitrogens with zero attached hydrogens (tertiary/aromatic N) is 2. The fraction of sp³-hybridized carbons (Fsp3) is 0.409. The molecule has 1 aliphatic heterocycles. The van der Waals surface area contributed by atoms with Crippen LogP contribution in [-0.2, 0) is 10.3 Å². The molecule has 0 N–H and O–H groups in total. The van der Waals surface area contributed by atoms with Gasteiger partial charge in [0.2, 0.25) is 0 Å². The summed E-state index contributed by atoms with van der Waals surface area (Å²) in [6.45, 7) is 7.54. The van der Waals surface area contributed by atoms with Gasteiger partial charge in [0.25, 0.3) is 0 Å². The van der Waals surface area contributed by atoms with E-state index in [1.807, 2.05) is 67.6 Å². The van der Waals surface area contributed by atoms with Crippen molar-refractivity contribution >= 4 is 5.78 Å². The van der Waals surface area contributed by atoms with E-state index in [9.17, 15) is 4.79 Å². The molecule has 0 radical (unpaired) electrons. The Labute approximate surface area is 156 Å². The fourth-order valence-electron chi connectivity index (χ4n) is 3.35. The van der Waals surface area contributed by atoms with Crippen LogP contribution in [0.2, 0.25) is 0 Å². The molecule has 0 aromatic heterocycles. The third-order valence-corrected chi connectivity index (χ3v) is 5.19. The van der Waals surface area contributed by atoms with E-state index in [1.54, 1.807) is 0 Å². The van der Waals surface area contributed by atoms with E-state index in [2.05, 4.69) is 16.8 Å². The first kappa shape index (κ1) is 18.8. The molecule has 1 unspecified atom stereocenters. The van der Waals surface area contributed by atoms with Crippen molar-refractivity contribution in [2.75, 3.05) is 46.4 Å². The number of piperazine rings is 1. The predicted octanol–water partition coefficient (Wildman–Crippen LogP) is 3.05. The van der Waals surface area contributed by atoms with Gasteiger partial charge in [0.05, 0.1) is 6.61 Å². The highest BCUT2D eigenvalue weighted by atomic mass is 16.5. The Hall–Kier alpha value is -2.01. The van der Waals surface area contributed by atoms with Crippen LogP contribution >= 0.6 is 0 Å². The highest BCUT2D eigenvalue weighted by Crippen LogP contribution is 2.29. The molecular formula is C22H28N2O2. The van der Waals surface area contributed by atoms with Gasteiger partial charge in [0, 0.05) is 38.3 Å². The van der Waals surface area contributed by atoms with Gasteiger partial charge in [0.1, 0.15) is 0 Å². The molecule has 3 rings (SSSR count). The van der Waals surface area contributed by atoms with Gasteiger partial charge in [0.15, 0.2) is 11.4 Å². The number of carbonyl (C=O) groups excluding carboxylic acids is 1. The number of hydrogen-bond donors (Lipinski definition) is 0. The summed E-state index contributed by atoms with van der Waals surface area (Å²) in [7, 11) is 2.15. The molecular weight excluding hydrogens is 324 g/mol. The van der Waals surface area contributed by atoms with Gasteiger partial charge in [-0.05, 0) is 19.5 Å². The highest BCUT2D eigenvalue weighted by molar-refractivity contribution is 6.02. The van der Waals surface area contributed by atoms with Crippen molar-refractivity contribution < 1.29 is 9.53 Å². The minimum atomic E-state index is -0.977. The van der Waals surface area contributed by atoms with E-state index >= 15 is 0 Å². The summed E-state index contributed by atoms with van der Waals surface area (Å²) in [5, 5.41) is 0. The Bertz CT molecular complexity index is 697. The molecule has 1 atom stereocenters. The molecule has 0 amide bonds. The monoisotopic (exact) mass is 352 g/mol. The van der Waals surface area contributed by atoms with E-state index in [-0.39, 0.29) is 5.78 Å². The number of carbonyl (C=O) groups is 1. The van der Waals surface area contributed by atoms with E-state index in [1.165, 1.54) is 0 Å². The number of Topliss-reactive ketones (excluding diaryl/α,β-unsaturated/α-hetero) is 1. The highest BCUT2D eigenvalue weighted by Gasteiger charge is 2.36. The van der Waals surface area contributed by atoms with Crippen LogP contribution in [0.1, 0.15) is 22.8 Å². The van der Waals surface area contributed by atoms with Crippen LogP contribution in [0, 0.1) is 0 Å². The minimum absolute atomic E-state index is 0.00248. The van der Waals surface area contributed by atoms with E-state index in [4.69, 9.17) is 4.74 Å². The van der Waals surface area contributed by atoms with Crippen molar-refractivity contribution in [2.24, 2.45) is 0 Å². The zero-order chi connectivity index (χ0) is 18.4. The molecule has 1 heterocycles. The molecule has 138 valence electrons. The van der Waals surface area contributed by atoms with Crippen LogP contribution in [0.4, 0.5) is 0 Å². The Kier molecular flexibility index (Phi) is 6.20. The van der Waals surface area contributed by atoms with Crippen LogP contribution in [-0.4, -0.2) is 62.0 Å². The van der Waals surface area contributed by atoms with E-state index in [0.29, 0.717) is 12.2 Å². The molecule has 0 bridgehead atoms. The quantitative estimate of drug-likeness (QED) is 0.717. The summed E-state index contributed by atoms with van der Waals surface area (Å²) >= 11 is 0. The molecule has 1 saturated heterocycles. The zero-order valence-electron chi connectivity index (χ0n) is 15.7. The maximum atomic E-state index is 13.2. The average Bonchev–Trinajstić information content (AvgIpc) is 2.70. The average molecular weight is 352 g/mol. The molecule has 2 aromatic rings. The molecule has 0 aliphatic carbocycles. The second kappa shape index (κ2) is 8.58. The largest absolute Gasteiger partial charge is 0.361 e. The number of hydrogen-bond acceptors (Lipinski definition) is 4. The van der Waals surface area contributed by atoms with Crippen molar-refractivity contribution in [1.29, 1.82) is 0 Å². The lowest BCUT2D eigenvalue weighted by Gasteiger charge is -2.34. The lowest BCUT2D eigenvalue weighted by atomic mass is 9.87. The molecule has 4 heteroatoms. The molecule has 26 heavy (non-hydrogen) atoms. The van der Waals surface area contributed by atoms with Gasteiger partial charge in [-0.25, -0.2) is 0 Å². The van der Waals surface area contributed by atoms with Crippen molar-refractivity contribution in [3.8, 4) is 0 Å². The first-order chi connectivity index (χ1) is 12.6. The second-order valence-electron chi connectivity index (χ2n) is 7.09. The SMILES string of the molecule is CN1CCN(CCOC(C)(C(=O)c2ccccc2)c2ccccc2)CC1. The van der Waals surface area contributed by atoms with Crippen LogP contribution in [0.5, 0.6) is 0 Å². The van der Waals surface area contributed by atoms with E-state index in [0.717, 1.165) is 38.3 Å². The maximum Gasteiger partial charge on any atom is 0.198 e. The predicted molar refractivity (Wildman–Crippen MR) is 104 cm³/mol. The van der Waals surface area contributed by atoms with Gasteiger partial charge >= 0.3 is 0 Å². The number of ether oxygens (including phenoxy) is 1. The van der Waals surface area contributed by atoms with Crippen LogP contribution in [0.3, 0.4) is 0 Å². The number of rotatable bonds is 7. The number of likely N-dealkylation sites (N-methyl/N-ethyl adjacent to an activating group) is 1. The molecule has 4 nitrogen and oxygen atoms in total. The fourth-order valence-corrected chi connectivity index (χ4v) is 3.35. The smallest absolute Gasteiger partial charge is 0.198 e. The summed E-state index contributed by atoms with van der Waals surface area (Å²) < 4.78 is 6.26. The first-order valence-corrected chi connectivity index (χ1v) is 9.30. The molecule has 2 aromatic carbocycles. The van der Waals surface area contributed by atoms with Gasteiger partial charge in [-0.3, -0.25) is 9.69 Å². The van der Waals surface area contributed by atoms with Crippen molar-refractivity contribution in [2.45, 2.75) is 12.5 Å². The van der Waals surface area contributed by atoms with Gasteiger partial charge in [-0.1, -0.05) is 60.7 Å². The Balaban J connectivity index is 1.72. The third-order valence-electron chi connectivity index (χ3n) is 5.19. The zero-order valence-corrected chi connectivity index (χ0v) is 15.7. The van der Waals surface area contributed by atoms with Gasteiger partial charge in [-0.2, -0.15) is 0 Å². The molecule has 1 aliphatic rings. The summed E-state index contributed by atoms with van der Waals surface area (Å²) in [5.41, 5.74) is 0.598. The molecule has 0 saturated carbocycles. The van der Waals surface area contributed by atoms with Crippen molar-refractivity contribution in [3.63, 3.8) is 0 Å². The van der Waals surface area contributed by atoms with Gasteiger partial charge < -0.3 is 9.64 Å². The minimum Gasteiger partial charge on any atom is -0.361 e. The summed E-state index contributed by atoms with van der Waals surface area (Å²) in [6.07, 6.45) is 0. The first-order valence-electron chi connectivity index (χ1n) is 9.30. The van der Waals surface area contributed by atoms with Crippen LogP contribution in [0.25, 0.3) is 0 Å². The lowest BCUT2D eigenvalue weighted by molar-refractivity contribution is -0.0283. The van der Waals surface area contributed by atoms with Crippen LogP contribution < -0.4 is 0 Å².